The summed E-state index contributed by atoms with van der Waals surface area (Å²) in [7, 11) is 1.37. The summed E-state index contributed by atoms with van der Waals surface area (Å²) in [4.78, 5) is 26.5. The average Bonchev–Trinajstić information content (AvgIpc) is 3.22. The molecule has 1 fully saturated rings. The van der Waals surface area contributed by atoms with Gasteiger partial charge in [-0.05, 0) is 55.2 Å². The Bertz CT molecular complexity index is 811. The lowest BCUT2D eigenvalue weighted by molar-refractivity contribution is 0.0601. The van der Waals surface area contributed by atoms with Crippen LogP contribution in [0.25, 0.3) is 0 Å². The Morgan fingerprint density at radius 3 is 2.50 bits per heavy atom. The number of aryl methyl sites for hydroxylation is 1. The molecular weight excluding hydrogens is 328 g/mol. The molecule has 2 aromatic carbocycles. The van der Waals surface area contributed by atoms with Crippen LogP contribution in [-0.2, 0) is 11.2 Å². The zero-order valence-corrected chi connectivity index (χ0v) is 15.2. The molecule has 1 saturated heterocycles. The predicted molar refractivity (Wildman–Crippen MR) is 102 cm³/mol. The number of methoxy groups -OCH3 is 1. The van der Waals surface area contributed by atoms with E-state index in [1.54, 1.807) is 12.1 Å². The molecule has 5 nitrogen and oxygen atoms in total. The van der Waals surface area contributed by atoms with E-state index < -0.39 is 0 Å². The molecule has 3 rings (SSSR count). The van der Waals surface area contributed by atoms with E-state index in [1.165, 1.54) is 7.11 Å². The summed E-state index contributed by atoms with van der Waals surface area (Å²) in [6.45, 7) is 3.73. The van der Waals surface area contributed by atoms with Crippen molar-refractivity contribution in [1.82, 2.24) is 4.90 Å². The van der Waals surface area contributed by atoms with Gasteiger partial charge in [-0.25, -0.2) is 4.79 Å². The second-order valence-electron chi connectivity index (χ2n) is 6.39. The molecule has 0 radical (unpaired) electrons. The lowest BCUT2D eigenvalue weighted by atomic mass is 10.0. The number of carbonyl (C=O) groups is 2. The molecule has 0 bridgehead atoms. The molecule has 0 unspecified atom stereocenters. The number of esters is 1. The van der Waals surface area contributed by atoms with Crippen molar-refractivity contribution in [2.24, 2.45) is 0 Å². The van der Waals surface area contributed by atoms with Gasteiger partial charge < -0.3 is 15.0 Å². The first kappa shape index (κ1) is 18.0. The Kier molecular flexibility index (Phi) is 5.56. The first-order valence-corrected chi connectivity index (χ1v) is 9.00. The van der Waals surface area contributed by atoms with E-state index in [4.69, 9.17) is 4.74 Å². The number of ether oxygens (including phenoxy) is 1. The molecule has 1 amide bonds. The van der Waals surface area contributed by atoms with Gasteiger partial charge in [0, 0.05) is 24.3 Å². The number of hydrogen-bond acceptors (Lipinski definition) is 4. The van der Waals surface area contributed by atoms with Gasteiger partial charge in [0.15, 0.2) is 0 Å². The summed E-state index contributed by atoms with van der Waals surface area (Å²) in [5, 5.41) is 3.32. The largest absolute Gasteiger partial charge is 0.465 e. The van der Waals surface area contributed by atoms with Gasteiger partial charge in [-0.2, -0.15) is 0 Å². The highest BCUT2D eigenvalue weighted by Crippen LogP contribution is 2.26. The van der Waals surface area contributed by atoms with Crippen molar-refractivity contribution in [2.75, 3.05) is 25.5 Å². The van der Waals surface area contributed by atoms with E-state index in [-0.39, 0.29) is 11.9 Å². The van der Waals surface area contributed by atoms with Gasteiger partial charge in [0.05, 0.1) is 18.4 Å². The molecule has 1 heterocycles. The SMILES string of the molecule is CCc1cc(C(=O)N2CCCC2)ccc1Nc1ccccc1C(=O)OC. The van der Waals surface area contributed by atoms with Crippen LogP contribution < -0.4 is 5.32 Å². The number of rotatable bonds is 5. The fourth-order valence-electron chi connectivity index (χ4n) is 3.27. The number of anilines is 2. The molecule has 26 heavy (non-hydrogen) atoms. The summed E-state index contributed by atoms with van der Waals surface area (Å²) in [6.07, 6.45) is 2.94. The second kappa shape index (κ2) is 8.04. The maximum absolute atomic E-state index is 12.6. The molecule has 0 aliphatic carbocycles. The van der Waals surface area contributed by atoms with E-state index in [0.717, 1.165) is 49.2 Å². The summed E-state index contributed by atoms with van der Waals surface area (Å²) >= 11 is 0. The number of likely N-dealkylation sites (tertiary alicyclic amines) is 1. The first-order valence-electron chi connectivity index (χ1n) is 9.00. The van der Waals surface area contributed by atoms with Crippen LogP contribution in [0.3, 0.4) is 0 Å². The van der Waals surface area contributed by atoms with Crippen LogP contribution >= 0.6 is 0 Å². The molecule has 5 heteroatoms. The van der Waals surface area contributed by atoms with Gasteiger partial charge in [0.25, 0.3) is 5.91 Å². The number of nitrogens with one attached hydrogen (secondary N) is 1. The fourth-order valence-corrected chi connectivity index (χ4v) is 3.27. The van der Waals surface area contributed by atoms with Gasteiger partial charge >= 0.3 is 5.97 Å². The number of carbonyl (C=O) groups excluding carboxylic acids is 2. The third kappa shape index (κ3) is 3.72. The lowest BCUT2D eigenvalue weighted by Crippen LogP contribution is -2.27. The van der Waals surface area contributed by atoms with Crippen LogP contribution in [0.2, 0.25) is 0 Å². The van der Waals surface area contributed by atoms with Crippen molar-refractivity contribution < 1.29 is 14.3 Å². The highest BCUT2D eigenvalue weighted by Gasteiger charge is 2.20. The Balaban J connectivity index is 1.87. The Morgan fingerprint density at radius 2 is 1.81 bits per heavy atom. The molecular formula is C21H24N2O3. The quantitative estimate of drug-likeness (QED) is 0.826. The minimum atomic E-state index is -0.382. The van der Waals surface area contributed by atoms with Crippen molar-refractivity contribution in [3.05, 3.63) is 59.2 Å². The Morgan fingerprint density at radius 1 is 1.08 bits per heavy atom. The van der Waals surface area contributed by atoms with Crippen molar-refractivity contribution in [3.63, 3.8) is 0 Å². The summed E-state index contributed by atoms with van der Waals surface area (Å²) in [6, 6.07) is 12.9. The Labute approximate surface area is 154 Å². The zero-order valence-electron chi connectivity index (χ0n) is 15.2. The standard InChI is InChI=1S/C21H24N2O3/c1-3-15-14-16(20(24)23-12-6-7-13-23)10-11-18(15)22-19-9-5-4-8-17(19)21(25)26-2/h4-5,8-11,14,22H,3,6-7,12-13H2,1-2H3. The van der Waals surface area contributed by atoms with Gasteiger partial charge in [-0.15, -0.1) is 0 Å². The van der Waals surface area contributed by atoms with Crippen molar-refractivity contribution in [1.29, 1.82) is 0 Å². The molecule has 1 aliphatic rings. The molecule has 1 N–H and O–H groups in total. The topological polar surface area (TPSA) is 58.6 Å². The highest BCUT2D eigenvalue weighted by molar-refractivity contribution is 5.97. The number of amides is 1. The van der Waals surface area contributed by atoms with Crippen molar-refractivity contribution >= 4 is 23.3 Å². The number of nitrogens with zero attached hydrogens (tertiary/aromatic N) is 1. The minimum Gasteiger partial charge on any atom is -0.465 e. The van der Waals surface area contributed by atoms with Crippen LogP contribution in [-0.4, -0.2) is 37.0 Å². The Hall–Kier alpha value is -2.82. The van der Waals surface area contributed by atoms with E-state index >= 15 is 0 Å². The average molecular weight is 352 g/mol. The van der Waals surface area contributed by atoms with E-state index in [9.17, 15) is 9.59 Å². The molecule has 0 aromatic heterocycles. The second-order valence-corrected chi connectivity index (χ2v) is 6.39. The van der Waals surface area contributed by atoms with Crippen molar-refractivity contribution in [2.45, 2.75) is 26.2 Å². The van der Waals surface area contributed by atoms with Crippen LogP contribution in [0.15, 0.2) is 42.5 Å². The van der Waals surface area contributed by atoms with Gasteiger partial charge in [0.2, 0.25) is 0 Å². The highest BCUT2D eigenvalue weighted by atomic mass is 16.5. The smallest absolute Gasteiger partial charge is 0.339 e. The zero-order chi connectivity index (χ0) is 18.5. The van der Waals surface area contributed by atoms with Gasteiger partial charge in [-0.3, -0.25) is 4.79 Å². The van der Waals surface area contributed by atoms with E-state index in [1.807, 2.05) is 35.2 Å². The maximum Gasteiger partial charge on any atom is 0.339 e. The molecule has 0 saturated carbocycles. The molecule has 1 aliphatic heterocycles. The van der Waals surface area contributed by atoms with Crippen LogP contribution in [0, 0.1) is 0 Å². The normalized spacial score (nSPS) is 13.5. The molecule has 2 aromatic rings. The minimum absolute atomic E-state index is 0.0960. The van der Waals surface area contributed by atoms with Crippen molar-refractivity contribution in [3.8, 4) is 0 Å². The molecule has 0 atom stereocenters. The van der Waals surface area contributed by atoms with Crippen LogP contribution in [0.1, 0.15) is 46.0 Å². The van der Waals surface area contributed by atoms with Gasteiger partial charge in [0.1, 0.15) is 0 Å². The molecule has 0 spiro atoms. The van der Waals surface area contributed by atoms with Crippen LogP contribution in [0.4, 0.5) is 11.4 Å². The summed E-state index contributed by atoms with van der Waals surface area (Å²) in [5.41, 5.74) is 3.81. The van der Waals surface area contributed by atoms with E-state index in [0.29, 0.717) is 11.3 Å². The number of para-hydroxylation sites is 1. The fraction of sp³-hybridized carbons (Fsp3) is 0.333. The monoisotopic (exact) mass is 352 g/mol. The summed E-state index contributed by atoms with van der Waals surface area (Å²) < 4.78 is 4.85. The maximum atomic E-state index is 12.6. The van der Waals surface area contributed by atoms with Gasteiger partial charge in [-0.1, -0.05) is 19.1 Å². The lowest BCUT2D eigenvalue weighted by Gasteiger charge is -2.18. The number of hydrogen-bond donors (Lipinski definition) is 1. The predicted octanol–water partition coefficient (Wildman–Crippen LogP) is 4.02. The third-order valence-corrected chi connectivity index (χ3v) is 4.73. The first-order chi connectivity index (χ1) is 12.6. The van der Waals surface area contributed by atoms with Crippen LogP contribution in [0.5, 0.6) is 0 Å². The van der Waals surface area contributed by atoms with E-state index in [2.05, 4.69) is 12.2 Å². The molecule has 136 valence electrons. The summed E-state index contributed by atoms with van der Waals surface area (Å²) in [5.74, 6) is -0.286. The third-order valence-electron chi connectivity index (χ3n) is 4.73. The number of benzene rings is 2.